The molecule has 1 saturated heterocycles. The van der Waals surface area contributed by atoms with Crippen LogP contribution in [0.2, 0.25) is 0 Å². The molecule has 9 nitrogen and oxygen atoms in total. The van der Waals surface area contributed by atoms with Crippen LogP contribution < -0.4 is 21.3 Å². The molecule has 0 radical (unpaired) electrons. The van der Waals surface area contributed by atoms with E-state index in [1.165, 1.54) is 6.42 Å². The van der Waals surface area contributed by atoms with Crippen LogP contribution in [0.5, 0.6) is 0 Å². The smallest absolute Gasteiger partial charge is 0.412 e. The lowest BCUT2D eigenvalue weighted by Gasteiger charge is -2.38. The molecule has 3 amide bonds. The van der Waals surface area contributed by atoms with Crippen molar-refractivity contribution in [2.24, 2.45) is 11.7 Å². The van der Waals surface area contributed by atoms with Gasteiger partial charge in [-0.3, -0.25) is 14.9 Å². The standard InChI is InChI=1S/C32H43N5O4/c33-26-12-14-27(15-13-26)34-30(38)25-11-16-29(28(21-25)35-32(40)41-22-23-7-3-1-4-8-23)36-17-19-37(20-18-36)31(39)24-9-5-2-6-10-24/h1,3-4,7-8,11,16,21,24,26-27H,2,5-6,9-10,12-15,17-20,22,33H2,(H,34,38)(H,35,40). The maximum absolute atomic E-state index is 13.2. The molecule has 2 aromatic rings. The summed E-state index contributed by atoms with van der Waals surface area (Å²) in [5.41, 5.74) is 8.73. The summed E-state index contributed by atoms with van der Waals surface area (Å²) in [6.45, 7) is 2.73. The molecular formula is C32H43N5O4. The number of anilines is 2. The maximum Gasteiger partial charge on any atom is 0.412 e. The van der Waals surface area contributed by atoms with Gasteiger partial charge < -0.3 is 25.6 Å². The van der Waals surface area contributed by atoms with E-state index >= 15 is 0 Å². The molecule has 1 heterocycles. The third kappa shape index (κ3) is 7.79. The summed E-state index contributed by atoms with van der Waals surface area (Å²) in [5.74, 6) is 0.271. The fraction of sp³-hybridized carbons (Fsp3) is 0.531. The van der Waals surface area contributed by atoms with Gasteiger partial charge >= 0.3 is 6.09 Å². The van der Waals surface area contributed by atoms with Crippen LogP contribution in [0.4, 0.5) is 16.2 Å². The Labute approximate surface area is 242 Å². The number of nitrogens with two attached hydrogens (primary N) is 1. The highest BCUT2D eigenvalue weighted by Gasteiger charge is 2.29. The number of ether oxygens (including phenoxy) is 1. The highest BCUT2D eigenvalue weighted by Crippen LogP contribution is 2.31. The van der Waals surface area contributed by atoms with E-state index in [9.17, 15) is 14.4 Å². The maximum atomic E-state index is 13.2. The van der Waals surface area contributed by atoms with E-state index in [0.717, 1.165) is 62.6 Å². The van der Waals surface area contributed by atoms with Crippen LogP contribution in [0.1, 0.15) is 73.7 Å². The minimum atomic E-state index is -0.583. The van der Waals surface area contributed by atoms with Crippen molar-refractivity contribution in [3.05, 3.63) is 59.7 Å². The Morgan fingerprint density at radius 1 is 0.854 bits per heavy atom. The van der Waals surface area contributed by atoms with Gasteiger partial charge in [0.2, 0.25) is 5.91 Å². The van der Waals surface area contributed by atoms with E-state index < -0.39 is 6.09 Å². The molecule has 0 bridgehead atoms. The Morgan fingerprint density at radius 3 is 2.27 bits per heavy atom. The van der Waals surface area contributed by atoms with Crippen LogP contribution in [0.3, 0.4) is 0 Å². The zero-order valence-electron chi connectivity index (χ0n) is 23.9. The predicted octanol–water partition coefficient (Wildman–Crippen LogP) is 4.66. The summed E-state index contributed by atoms with van der Waals surface area (Å²) in [6.07, 6.45) is 8.45. The first kappa shape index (κ1) is 28.9. The lowest BCUT2D eigenvalue weighted by Crippen LogP contribution is -2.50. The Morgan fingerprint density at radius 2 is 1.56 bits per heavy atom. The van der Waals surface area contributed by atoms with Crippen LogP contribution in [-0.4, -0.2) is 61.1 Å². The quantitative estimate of drug-likeness (QED) is 0.453. The molecule has 1 aliphatic heterocycles. The van der Waals surface area contributed by atoms with Crippen molar-refractivity contribution in [2.45, 2.75) is 76.5 Å². The SMILES string of the molecule is NC1CCC(NC(=O)c2ccc(N3CCN(C(=O)C4CCCCC4)CC3)c(NC(=O)OCc3ccccc3)c2)CC1. The first-order valence-corrected chi connectivity index (χ1v) is 15.2. The molecule has 3 fully saturated rings. The first-order chi connectivity index (χ1) is 20.0. The molecule has 0 spiro atoms. The molecule has 4 N–H and O–H groups in total. The number of benzene rings is 2. The molecule has 2 aliphatic carbocycles. The van der Waals surface area contributed by atoms with Gasteiger partial charge in [0.15, 0.2) is 0 Å². The molecule has 0 aromatic heterocycles. The summed E-state index contributed by atoms with van der Waals surface area (Å²) >= 11 is 0. The zero-order chi connectivity index (χ0) is 28.6. The van der Waals surface area contributed by atoms with Crippen LogP contribution in [0.15, 0.2) is 48.5 Å². The van der Waals surface area contributed by atoms with Crippen molar-refractivity contribution in [2.75, 3.05) is 36.4 Å². The summed E-state index contributed by atoms with van der Waals surface area (Å²) in [5, 5.41) is 6.02. The summed E-state index contributed by atoms with van der Waals surface area (Å²) < 4.78 is 5.49. The number of hydrogen-bond donors (Lipinski definition) is 3. The molecule has 0 unspecified atom stereocenters. The Balaban J connectivity index is 1.27. The molecule has 2 saturated carbocycles. The van der Waals surface area contributed by atoms with Crippen molar-refractivity contribution in [3.63, 3.8) is 0 Å². The molecule has 3 aliphatic rings. The molecule has 0 atom stereocenters. The predicted molar refractivity (Wildman–Crippen MR) is 160 cm³/mol. The monoisotopic (exact) mass is 561 g/mol. The third-order valence-electron chi connectivity index (χ3n) is 8.70. The highest BCUT2D eigenvalue weighted by atomic mass is 16.5. The minimum Gasteiger partial charge on any atom is -0.444 e. The number of rotatable bonds is 7. The number of hydrogen-bond acceptors (Lipinski definition) is 6. The van der Waals surface area contributed by atoms with Crippen molar-refractivity contribution < 1.29 is 19.1 Å². The lowest BCUT2D eigenvalue weighted by molar-refractivity contribution is -0.136. The van der Waals surface area contributed by atoms with Gasteiger partial charge in [-0.1, -0.05) is 49.6 Å². The van der Waals surface area contributed by atoms with E-state index in [1.807, 2.05) is 41.3 Å². The summed E-state index contributed by atoms with van der Waals surface area (Å²) in [6, 6.07) is 15.2. The molecular weight excluding hydrogens is 518 g/mol. The van der Waals surface area contributed by atoms with E-state index in [4.69, 9.17) is 10.5 Å². The van der Waals surface area contributed by atoms with Gasteiger partial charge in [0.05, 0.1) is 11.4 Å². The van der Waals surface area contributed by atoms with Gasteiger partial charge in [-0.15, -0.1) is 0 Å². The average molecular weight is 562 g/mol. The number of piperazine rings is 1. The Bertz CT molecular complexity index is 1180. The largest absolute Gasteiger partial charge is 0.444 e. The number of nitrogens with one attached hydrogen (secondary N) is 2. The van der Waals surface area contributed by atoms with Gasteiger partial charge in [0.1, 0.15) is 6.61 Å². The molecule has 5 rings (SSSR count). The number of carbonyl (C=O) groups is 3. The van der Waals surface area contributed by atoms with Crippen LogP contribution in [0, 0.1) is 5.92 Å². The summed E-state index contributed by atoms with van der Waals surface area (Å²) in [4.78, 5) is 43.2. The molecule has 41 heavy (non-hydrogen) atoms. The normalized spacial score (nSPS) is 21.7. The fourth-order valence-corrected chi connectivity index (χ4v) is 6.23. The van der Waals surface area contributed by atoms with Crippen LogP contribution >= 0.6 is 0 Å². The third-order valence-corrected chi connectivity index (χ3v) is 8.70. The number of amides is 3. The van der Waals surface area contributed by atoms with Crippen LogP contribution in [-0.2, 0) is 16.1 Å². The second-order valence-corrected chi connectivity index (χ2v) is 11.7. The lowest BCUT2D eigenvalue weighted by atomic mass is 9.88. The number of carbonyl (C=O) groups excluding carboxylic acids is 3. The molecule has 2 aromatic carbocycles. The highest BCUT2D eigenvalue weighted by molar-refractivity contribution is 5.98. The van der Waals surface area contributed by atoms with Gasteiger partial charge in [-0.2, -0.15) is 0 Å². The van der Waals surface area contributed by atoms with E-state index in [1.54, 1.807) is 12.1 Å². The van der Waals surface area contributed by atoms with Crippen molar-refractivity contribution in [3.8, 4) is 0 Å². The van der Waals surface area contributed by atoms with Gasteiger partial charge in [-0.25, -0.2) is 4.79 Å². The minimum absolute atomic E-state index is 0.101. The topological polar surface area (TPSA) is 117 Å². The van der Waals surface area contributed by atoms with Gasteiger partial charge in [-0.05, 0) is 62.3 Å². The van der Waals surface area contributed by atoms with E-state index in [-0.39, 0.29) is 36.4 Å². The van der Waals surface area contributed by atoms with E-state index in [2.05, 4.69) is 15.5 Å². The second kappa shape index (κ2) is 13.9. The van der Waals surface area contributed by atoms with Crippen LogP contribution in [0.25, 0.3) is 0 Å². The van der Waals surface area contributed by atoms with Crippen molar-refractivity contribution in [1.29, 1.82) is 0 Å². The molecule has 220 valence electrons. The second-order valence-electron chi connectivity index (χ2n) is 11.7. The zero-order valence-corrected chi connectivity index (χ0v) is 23.9. The van der Waals surface area contributed by atoms with Gasteiger partial charge in [0.25, 0.3) is 5.91 Å². The molecule has 9 heteroatoms. The summed E-state index contributed by atoms with van der Waals surface area (Å²) in [7, 11) is 0. The number of nitrogens with zero attached hydrogens (tertiary/aromatic N) is 2. The van der Waals surface area contributed by atoms with Crippen molar-refractivity contribution >= 4 is 29.3 Å². The van der Waals surface area contributed by atoms with Gasteiger partial charge in [0, 0.05) is 49.7 Å². The average Bonchev–Trinajstić information content (AvgIpc) is 3.02. The van der Waals surface area contributed by atoms with E-state index in [0.29, 0.717) is 37.4 Å². The fourth-order valence-electron chi connectivity index (χ4n) is 6.23. The Hall–Kier alpha value is -3.59. The first-order valence-electron chi connectivity index (χ1n) is 15.2. The Kier molecular flexibility index (Phi) is 9.77. The van der Waals surface area contributed by atoms with Crippen molar-refractivity contribution in [1.82, 2.24) is 10.2 Å².